The number of nitrogens with one attached hydrogen (secondary N) is 1. The van der Waals surface area contributed by atoms with Crippen molar-refractivity contribution in [2.75, 3.05) is 19.6 Å². The van der Waals surface area contributed by atoms with Crippen molar-refractivity contribution in [1.29, 1.82) is 0 Å². The molecule has 1 unspecified atom stereocenters. The van der Waals surface area contributed by atoms with Crippen LogP contribution >= 0.6 is 0 Å². The molecule has 1 fully saturated rings. The van der Waals surface area contributed by atoms with Crippen LogP contribution in [0.25, 0.3) is 0 Å². The van der Waals surface area contributed by atoms with Gasteiger partial charge in [0.1, 0.15) is 5.69 Å². The van der Waals surface area contributed by atoms with Gasteiger partial charge in [0.15, 0.2) is 0 Å². The Morgan fingerprint density at radius 2 is 2.53 bits per heavy atom. The van der Waals surface area contributed by atoms with Crippen LogP contribution in [0.15, 0.2) is 12.3 Å². The summed E-state index contributed by atoms with van der Waals surface area (Å²) in [6, 6.07) is 2.11. The van der Waals surface area contributed by atoms with E-state index in [2.05, 4.69) is 17.3 Å². The molecule has 0 bridgehead atoms. The van der Waals surface area contributed by atoms with Crippen molar-refractivity contribution in [2.45, 2.75) is 25.8 Å². The molecule has 1 aliphatic heterocycles. The molecule has 1 aromatic heterocycles. The second-order valence-corrected chi connectivity index (χ2v) is 4.52. The molecule has 0 saturated carbocycles. The highest BCUT2D eigenvalue weighted by Crippen LogP contribution is 2.13. The molecule has 0 spiro atoms. The van der Waals surface area contributed by atoms with Crippen molar-refractivity contribution in [1.82, 2.24) is 20.0 Å². The van der Waals surface area contributed by atoms with Crippen LogP contribution in [0.1, 0.15) is 30.3 Å². The van der Waals surface area contributed by atoms with Gasteiger partial charge in [-0.3, -0.25) is 9.48 Å². The quantitative estimate of drug-likeness (QED) is 0.834. The van der Waals surface area contributed by atoms with E-state index in [-0.39, 0.29) is 5.91 Å². The number of rotatable bonds is 4. The largest absolute Gasteiger partial charge is 0.333 e. The normalized spacial score (nSPS) is 19.5. The molecule has 5 heteroatoms. The number of carbonyl (C=O) groups excluding carboxylic acids is 1. The molecule has 1 aliphatic rings. The molecule has 1 N–H and O–H groups in total. The number of nitrogens with zero attached hydrogens (tertiary/aromatic N) is 3. The third-order valence-corrected chi connectivity index (χ3v) is 3.13. The zero-order valence-corrected chi connectivity index (χ0v) is 10.5. The van der Waals surface area contributed by atoms with Gasteiger partial charge in [0.25, 0.3) is 5.91 Å². The molecule has 0 radical (unpaired) electrons. The van der Waals surface area contributed by atoms with Gasteiger partial charge in [-0.15, -0.1) is 0 Å². The van der Waals surface area contributed by atoms with E-state index < -0.39 is 0 Å². The van der Waals surface area contributed by atoms with Crippen molar-refractivity contribution in [2.24, 2.45) is 7.05 Å². The fourth-order valence-corrected chi connectivity index (χ4v) is 2.27. The Hall–Kier alpha value is -1.36. The van der Waals surface area contributed by atoms with Gasteiger partial charge in [-0.25, -0.2) is 0 Å². The summed E-state index contributed by atoms with van der Waals surface area (Å²) in [5.74, 6) is 0.0566. The van der Waals surface area contributed by atoms with Gasteiger partial charge in [-0.05, 0) is 25.5 Å². The lowest BCUT2D eigenvalue weighted by Crippen LogP contribution is -2.42. The van der Waals surface area contributed by atoms with Crippen LogP contribution < -0.4 is 5.32 Å². The van der Waals surface area contributed by atoms with Crippen molar-refractivity contribution in [3.8, 4) is 0 Å². The molecule has 2 heterocycles. The molecule has 1 amide bonds. The monoisotopic (exact) mass is 236 g/mol. The van der Waals surface area contributed by atoms with Crippen LogP contribution in [0.4, 0.5) is 0 Å². The molecule has 2 rings (SSSR count). The van der Waals surface area contributed by atoms with E-state index in [1.54, 1.807) is 10.7 Å². The summed E-state index contributed by atoms with van der Waals surface area (Å²) >= 11 is 0. The maximum absolute atomic E-state index is 12.4. The van der Waals surface area contributed by atoms with Gasteiger partial charge in [0.2, 0.25) is 0 Å². The summed E-state index contributed by atoms with van der Waals surface area (Å²) in [4.78, 5) is 14.3. The van der Waals surface area contributed by atoms with Gasteiger partial charge in [0.05, 0.1) is 0 Å². The Balaban J connectivity index is 2.12. The molecule has 0 aliphatic carbocycles. The number of hydrogen-bond donors (Lipinski definition) is 1. The van der Waals surface area contributed by atoms with Gasteiger partial charge in [-0.2, -0.15) is 5.10 Å². The molecule has 5 nitrogen and oxygen atoms in total. The van der Waals surface area contributed by atoms with Crippen LogP contribution in [0, 0.1) is 0 Å². The summed E-state index contributed by atoms with van der Waals surface area (Å²) in [6.07, 6.45) is 3.83. The van der Waals surface area contributed by atoms with Crippen LogP contribution in [0.3, 0.4) is 0 Å². The van der Waals surface area contributed by atoms with Gasteiger partial charge in [-0.1, -0.05) is 6.92 Å². The molecule has 94 valence electrons. The molecule has 1 aromatic rings. The van der Waals surface area contributed by atoms with Crippen molar-refractivity contribution in [3.05, 3.63) is 18.0 Å². The Morgan fingerprint density at radius 3 is 3.06 bits per heavy atom. The number of aryl methyl sites for hydroxylation is 1. The highest BCUT2D eigenvalue weighted by molar-refractivity contribution is 5.92. The summed E-state index contributed by atoms with van der Waals surface area (Å²) < 4.78 is 1.67. The third-order valence-electron chi connectivity index (χ3n) is 3.13. The Kier molecular flexibility index (Phi) is 3.78. The van der Waals surface area contributed by atoms with Crippen LogP contribution in [-0.2, 0) is 7.05 Å². The standard InChI is InChI=1S/C12H20N4O/c1-3-7-16(10-4-6-13-9-10)12(17)11-5-8-15(2)14-11/h5,8,10,13H,3-4,6-7,9H2,1-2H3. The minimum Gasteiger partial charge on any atom is -0.333 e. The van der Waals surface area contributed by atoms with E-state index in [9.17, 15) is 4.79 Å². The van der Waals surface area contributed by atoms with Gasteiger partial charge < -0.3 is 10.2 Å². The second-order valence-electron chi connectivity index (χ2n) is 4.52. The number of hydrogen-bond acceptors (Lipinski definition) is 3. The molecule has 17 heavy (non-hydrogen) atoms. The highest BCUT2D eigenvalue weighted by atomic mass is 16.2. The summed E-state index contributed by atoms with van der Waals surface area (Å²) in [7, 11) is 1.83. The lowest BCUT2D eigenvalue weighted by atomic mass is 10.2. The summed E-state index contributed by atoms with van der Waals surface area (Å²) in [5.41, 5.74) is 0.549. The van der Waals surface area contributed by atoms with Crippen molar-refractivity contribution >= 4 is 5.91 Å². The zero-order valence-electron chi connectivity index (χ0n) is 10.5. The van der Waals surface area contributed by atoms with E-state index in [1.807, 2.05) is 18.1 Å². The molecular weight excluding hydrogens is 216 g/mol. The second kappa shape index (κ2) is 5.31. The topological polar surface area (TPSA) is 50.2 Å². The SMILES string of the molecule is CCCN(C(=O)c1ccn(C)n1)C1CCNC1. The predicted octanol–water partition coefficient (Wildman–Crippen LogP) is 0.634. The Labute approximate surface area is 102 Å². The van der Waals surface area contributed by atoms with Crippen molar-refractivity contribution in [3.63, 3.8) is 0 Å². The summed E-state index contributed by atoms with van der Waals surface area (Å²) in [5, 5.41) is 7.49. The third kappa shape index (κ3) is 2.66. The molecular formula is C12H20N4O. The van der Waals surface area contributed by atoms with Crippen molar-refractivity contribution < 1.29 is 4.79 Å². The lowest BCUT2D eigenvalue weighted by molar-refractivity contribution is 0.0685. The Morgan fingerprint density at radius 1 is 1.71 bits per heavy atom. The highest BCUT2D eigenvalue weighted by Gasteiger charge is 2.27. The maximum Gasteiger partial charge on any atom is 0.274 e. The maximum atomic E-state index is 12.4. The average molecular weight is 236 g/mol. The first-order valence-electron chi connectivity index (χ1n) is 6.23. The predicted molar refractivity (Wildman–Crippen MR) is 65.8 cm³/mol. The minimum absolute atomic E-state index is 0.0566. The van der Waals surface area contributed by atoms with E-state index in [1.165, 1.54) is 0 Å². The summed E-state index contributed by atoms with van der Waals surface area (Å²) in [6.45, 7) is 4.81. The first-order chi connectivity index (χ1) is 8.22. The fourth-order valence-electron chi connectivity index (χ4n) is 2.27. The zero-order chi connectivity index (χ0) is 12.3. The lowest BCUT2D eigenvalue weighted by Gasteiger charge is -2.27. The molecule has 0 aromatic carbocycles. The molecule has 1 saturated heterocycles. The van der Waals surface area contributed by atoms with Crippen LogP contribution in [0.5, 0.6) is 0 Å². The minimum atomic E-state index is 0.0566. The number of aromatic nitrogens is 2. The van der Waals surface area contributed by atoms with Crippen LogP contribution in [0.2, 0.25) is 0 Å². The number of carbonyl (C=O) groups is 1. The Bertz CT molecular complexity index is 382. The van der Waals surface area contributed by atoms with Gasteiger partial charge >= 0.3 is 0 Å². The van der Waals surface area contributed by atoms with E-state index in [4.69, 9.17) is 0 Å². The first-order valence-corrected chi connectivity index (χ1v) is 6.23. The first kappa shape index (κ1) is 12.1. The fraction of sp³-hybridized carbons (Fsp3) is 0.667. The average Bonchev–Trinajstić information content (AvgIpc) is 2.95. The van der Waals surface area contributed by atoms with E-state index in [0.29, 0.717) is 11.7 Å². The molecule has 1 atom stereocenters. The van der Waals surface area contributed by atoms with Gasteiger partial charge in [0, 0.05) is 32.4 Å². The van der Waals surface area contributed by atoms with E-state index in [0.717, 1.165) is 32.5 Å². The number of amides is 1. The van der Waals surface area contributed by atoms with Crippen LogP contribution in [-0.4, -0.2) is 46.3 Å². The smallest absolute Gasteiger partial charge is 0.274 e. The van der Waals surface area contributed by atoms with E-state index >= 15 is 0 Å².